The van der Waals surface area contributed by atoms with E-state index in [0.29, 0.717) is 12.1 Å². The molecule has 0 aliphatic rings. The van der Waals surface area contributed by atoms with Crippen molar-refractivity contribution in [3.63, 3.8) is 0 Å². The van der Waals surface area contributed by atoms with Gasteiger partial charge in [-0.3, -0.25) is 20.2 Å². The maximum Gasteiger partial charge on any atom is 1.00 e. The van der Waals surface area contributed by atoms with Gasteiger partial charge in [-0.05, 0) is 0 Å². The number of halogens is 1. The van der Waals surface area contributed by atoms with Gasteiger partial charge >= 0.3 is 24.5 Å². The van der Waals surface area contributed by atoms with Gasteiger partial charge < -0.3 is 4.55 Å². The SMILES string of the molecule is O=[N+]([O-])c1cc(Cl)c([N+](=O)[O-])c(S(=O)(=O)[O-])c1.[Li+]. The second-order valence-electron chi connectivity index (χ2n) is 2.74. The van der Waals surface area contributed by atoms with E-state index in [0.717, 1.165) is 0 Å². The Hall–Kier alpha value is -1.18. The summed E-state index contributed by atoms with van der Waals surface area (Å²) in [6.45, 7) is 0. The minimum absolute atomic E-state index is 0. The first kappa shape index (κ1) is 16.8. The average Bonchev–Trinajstić information content (AvgIpc) is 2.14. The van der Waals surface area contributed by atoms with Crippen molar-refractivity contribution in [2.24, 2.45) is 0 Å². The Morgan fingerprint density at radius 3 is 1.94 bits per heavy atom. The zero-order valence-electron chi connectivity index (χ0n) is 8.69. The van der Waals surface area contributed by atoms with Crippen LogP contribution < -0.4 is 18.9 Å². The summed E-state index contributed by atoms with van der Waals surface area (Å²) in [5, 5.41) is 20.1. The first-order chi connectivity index (χ1) is 7.64. The van der Waals surface area contributed by atoms with Crippen LogP contribution in [0.1, 0.15) is 0 Å². The second kappa shape index (κ2) is 5.64. The predicted octanol–water partition coefficient (Wildman–Crippen LogP) is -1.94. The van der Waals surface area contributed by atoms with Crippen molar-refractivity contribution in [2.45, 2.75) is 4.90 Å². The van der Waals surface area contributed by atoms with Crippen LogP contribution >= 0.6 is 11.6 Å². The molecule has 0 saturated carbocycles. The fraction of sp³-hybridized carbons (Fsp3) is 0. The molecule has 0 aromatic heterocycles. The van der Waals surface area contributed by atoms with Crippen LogP contribution in [0.2, 0.25) is 5.02 Å². The van der Waals surface area contributed by atoms with Gasteiger partial charge in [-0.1, -0.05) is 11.6 Å². The van der Waals surface area contributed by atoms with Gasteiger partial charge in [-0.2, -0.15) is 0 Å². The van der Waals surface area contributed by atoms with Crippen molar-refractivity contribution in [3.05, 3.63) is 37.4 Å². The Balaban J connectivity index is 0.00000289. The van der Waals surface area contributed by atoms with Gasteiger partial charge in [0.05, 0.1) is 9.85 Å². The van der Waals surface area contributed by atoms with Crippen molar-refractivity contribution >= 4 is 33.1 Å². The fourth-order valence-electron chi connectivity index (χ4n) is 1.03. The topological polar surface area (TPSA) is 143 Å². The molecule has 0 radical (unpaired) electrons. The monoisotopic (exact) mass is 288 g/mol. The van der Waals surface area contributed by atoms with Crippen molar-refractivity contribution in [1.29, 1.82) is 0 Å². The molecule has 0 spiro atoms. The molecule has 9 nitrogen and oxygen atoms in total. The molecule has 92 valence electrons. The summed E-state index contributed by atoms with van der Waals surface area (Å²) in [6, 6.07) is 0.890. The van der Waals surface area contributed by atoms with E-state index in [1.54, 1.807) is 0 Å². The minimum atomic E-state index is -5.24. The molecule has 1 aromatic carbocycles. The zero-order valence-corrected chi connectivity index (χ0v) is 10.3. The number of non-ortho nitro benzene ring substituents is 1. The molecule has 1 aromatic rings. The summed E-state index contributed by atoms with van der Waals surface area (Å²) in [5.74, 6) is 0. The average molecular weight is 289 g/mol. The first-order valence-electron chi connectivity index (χ1n) is 3.73. The van der Waals surface area contributed by atoms with Gasteiger partial charge in [0.2, 0.25) is 0 Å². The summed E-state index contributed by atoms with van der Waals surface area (Å²) in [6.07, 6.45) is 0. The fourth-order valence-corrected chi connectivity index (χ4v) is 2.06. The minimum Gasteiger partial charge on any atom is -0.744 e. The Labute approximate surface area is 117 Å². The number of nitrogens with zero attached hydrogens (tertiary/aromatic N) is 2. The first-order valence-corrected chi connectivity index (χ1v) is 5.51. The molecule has 12 heteroatoms. The van der Waals surface area contributed by atoms with Crippen LogP contribution in [0.15, 0.2) is 17.0 Å². The molecule has 0 fully saturated rings. The quantitative estimate of drug-likeness (QED) is 0.272. The smallest absolute Gasteiger partial charge is 0.744 e. The normalized spacial score (nSPS) is 10.6. The van der Waals surface area contributed by atoms with Gasteiger partial charge in [0.1, 0.15) is 20.0 Å². The molecule has 1 rings (SSSR count). The molecule has 0 aliphatic carbocycles. The van der Waals surface area contributed by atoms with Crippen LogP contribution in [-0.2, 0) is 10.1 Å². The van der Waals surface area contributed by atoms with Crippen LogP contribution in [-0.4, -0.2) is 22.8 Å². The summed E-state index contributed by atoms with van der Waals surface area (Å²) in [5.41, 5.74) is -2.00. The predicted molar refractivity (Wildman–Crippen MR) is 52.7 cm³/mol. The van der Waals surface area contributed by atoms with Crippen LogP contribution in [0.25, 0.3) is 0 Å². The molecule has 0 unspecified atom stereocenters. The molecule has 0 bridgehead atoms. The molecule has 18 heavy (non-hydrogen) atoms. The van der Waals surface area contributed by atoms with E-state index in [9.17, 15) is 33.2 Å². The third-order valence-corrected chi connectivity index (χ3v) is 2.81. The van der Waals surface area contributed by atoms with Gasteiger partial charge in [-0.15, -0.1) is 0 Å². The van der Waals surface area contributed by atoms with Gasteiger partial charge in [-0.25, -0.2) is 8.42 Å². The van der Waals surface area contributed by atoms with Gasteiger partial charge in [0, 0.05) is 12.1 Å². The van der Waals surface area contributed by atoms with Crippen LogP contribution in [0.5, 0.6) is 0 Å². The summed E-state index contributed by atoms with van der Waals surface area (Å²) in [4.78, 5) is 17.4. The molecule has 0 saturated heterocycles. The molecule has 0 N–H and O–H groups in total. The van der Waals surface area contributed by atoms with Gasteiger partial charge in [0.15, 0.2) is 0 Å². The Kier molecular flexibility index (Phi) is 5.27. The number of nitro benzene ring substituents is 2. The molecular formula is C6H2ClLiN2O7S. The molecule has 0 aliphatic heterocycles. The standard InChI is InChI=1S/C6H3ClN2O7S.Li/c7-4-1-3(8(10)11)2-5(17(14,15)16)6(4)9(12)13;/h1-2H,(H,14,15,16);/q;+1/p-1. The zero-order chi connectivity index (χ0) is 13.4. The third kappa shape index (κ3) is 3.41. The number of hydrogen-bond acceptors (Lipinski definition) is 7. The van der Waals surface area contributed by atoms with E-state index >= 15 is 0 Å². The van der Waals surface area contributed by atoms with Gasteiger partial charge in [0.25, 0.3) is 5.69 Å². The second-order valence-corrected chi connectivity index (χ2v) is 4.50. The van der Waals surface area contributed by atoms with Crippen molar-refractivity contribution in [1.82, 2.24) is 0 Å². The Bertz CT molecular complexity index is 617. The van der Waals surface area contributed by atoms with E-state index in [1.807, 2.05) is 0 Å². The summed E-state index contributed by atoms with van der Waals surface area (Å²) >= 11 is 5.33. The Morgan fingerprint density at radius 1 is 1.11 bits per heavy atom. The summed E-state index contributed by atoms with van der Waals surface area (Å²) < 4.78 is 32.2. The maximum absolute atomic E-state index is 10.7. The Morgan fingerprint density at radius 2 is 1.61 bits per heavy atom. The van der Waals surface area contributed by atoms with Crippen molar-refractivity contribution in [2.75, 3.05) is 0 Å². The van der Waals surface area contributed by atoms with Crippen molar-refractivity contribution in [3.8, 4) is 0 Å². The van der Waals surface area contributed by atoms with Crippen LogP contribution in [0, 0.1) is 20.2 Å². The largest absolute Gasteiger partial charge is 1.00 e. The molecular weight excluding hydrogens is 287 g/mol. The van der Waals surface area contributed by atoms with E-state index in [2.05, 4.69) is 0 Å². The van der Waals surface area contributed by atoms with E-state index in [1.165, 1.54) is 0 Å². The maximum atomic E-state index is 10.7. The summed E-state index contributed by atoms with van der Waals surface area (Å²) in [7, 11) is -5.24. The number of rotatable bonds is 3. The number of benzene rings is 1. The molecule has 0 amide bonds. The van der Waals surface area contributed by atoms with E-state index in [-0.39, 0.29) is 18.9 Å². The molecule has 0 atom stereocenters. The van der Waals surface area contributed by atoms with E-state index < -0.39 is 41.3 Å². The van der Waals surface area contributed by atoms with Crippen LogP contribution in [0.4, 0.5) is 11.4 Å². The van der Waals surface area contributed by atoms with E-state index in [4.69, 9.17) is 11.6 Å². The number of hydrogen-bond donors (Lipinski definition) is 0. The number of nitro groups is 2. The third-order valence-electron chi connectivity index (χ3n) is 1.68. The molecule has 0 heterocycles. The van der Waals surface area contributed by atoms with Crippen LogP contribution in [0.3, 0.4) is 0 Å². The van der Waals surface area contributed by atoms with Crippen molar-refractivity contribution < 1.29 is 41.7 Å².